The van der Waals surface area contributed by atoms with Gasteiger partial charge in [-0.3, -0.25) is 0 Å². The Labute approximate surface area is 300 Å². The third kappa shape index (κ3) is 11.9. The van der Waals surface area contributed by atoms with Crippen LogP contribution in [-0.2, 0) is 35.2 Å². The van der Waals surface area contributed by atoms with Gasteiger partial charge in [-0.15, -0.1) is 22.7 Å². The monoisotopic (exact) mass is 694 g/mol. The SMILES string of the molecule is CCCCCCc1cc(-c2cc(C(=O)OC)c(-c3cc(CCCCCC)c(CCCCCC)s3)cc2C(=O)OC)sc1CCCCCC. The summed E-state index contributed by atoms with van der Waals surface area (Å²) in [5.74, 6) is -0.748. The van der Waals surface area contributed by atoms with Gasteiger partial charge in [-0.2, -0.15) is 0 Å². The summed E-state index contributed by atoms with van der Waals surface area (Å²) in [4.78, 5) is 31.8. The Balaban J connectivity index is 2.12. The Morgan fingerprint density at radius 3 is 1.12 bits per heavy atom. The van der Waals surface area contributed by atoms with E-state index in [9.17, 15) is 9.59 Å². The molecule has 3 rings (SSSR count). The largest absolute Gasteiger partial charge is 0.465 e. The molecule has 0 radical (unpaired) electrons. The summed E-state index contributed by atoms with van der Waals surface area (Å²) in [5, 5.41) is 0. The molecule has 0 unspecified atom stereocenters. The van der Waals surface area contributed by atoms with E-state index in [0.29, 0.717) is 11.1 Å². The van der Waals surface area contributed by atoms with Crippen LogP contribution < -0.4 is 0 Å². The number of ether oxygens (including phenoxy) is 2. The van der Waals surface area contributed by atoms with Crippen molar-refractivity contribution in [3.05, 3.63) is 56.3 Å². The molecule has 0 bridgehead atoms. The molecule has 2 heterocycles. The number of rotatable bonds is 24. The van der Waals surface area contributed by atoms with Crippen molar-refractivity contribution in [1.29, 1.82) is 0 Å². The average molecular weight is 695 g/mol. The van der Waals surface area contributed by atoms with Crippen LogP contribution in [0.4, 0.5) is 0 Å². The van der Waals surface area contributed by atoms with Crippen LogP contribution in [0.5, 0.6) is 0 Å². The van der Waals surface area contributed by atoms with E-state index in [4.69, 9.17) is 9.47 Å². The fraction of sp³-hybridized carbons (Fsp3) is 0.619. The topological polar surface area (TPSA) is 52.6 Å². The Hall–Kier alpha value is -2.44. The zero-order valence-corrected chi connectivity index (χ0v) is 32.5. The fourth-order valence-corrected chi connectivity index (χ4v) is 9.09. The van der Waals surface area contributed by atoms with E-state index in [2.05, 4.69) is 39.8 Å². The molecule has 6 heteroatoms. The molecule has 0 spiro atoms. The van der Waals surface area contributed by atoms with Crippen molar-refractivity contribution >= 4 is 34.6 Å². The van der Waals surface area contributed by atoms with E-state index in [0.717, 1.165) is 46.6 Å². The van der Waals surface area contributed by atoms with Gasteiger partial charge in [0.25, 0.3) is 0 Å². The second kappa shape index (κ2) is 22.3. The van der Waals surface area contributed by atoms with E-state index in [-0.39, 0.29) is 11.9 Å². The predicted octanol–water partition coefficient (Wildman–Crippen LogP) is 13.2. The van der Waals surface area contributed by atoms with Crippen LogP contribution in [0.15, 0.2) is 24.3 Å². The molecule has 3 aromatic rings. The maximum Gasteiger partial charge on any atom is 0.338 e. The van der Waals surface area contributed by atoms with Crippen molar-refractivity contribution in [1.82, 2.24) is 0 Å². The minimum absolute atomic E-state index is 0.374. The quantitative estimate of drug-likeness (QED) is 0.0692. The Morgan fingerprint density at radius 2 is 0.812 bits per heavy atom. The molecule has 0 N–H and O–H groups in total. The predicted molar refractivity (Wildman–Crippen MR) is 207 cm³/mol. The number of unbranched alkanes of at least 4 members (excludes halogenated alkanes) is 12. The van der Waals surface area contributed by atoms with Crippen LogP contribution in [0.25, 0.3) is 20.9 Å². The maximum absolute atomic E-state index is 13.5. The van der Waals surface area contributed by atoms with Crippen LogP contribution in [-0.4, -0.2) is 26.2 Å². The number of carbonyl (C=O) groups is 2. The maximum atomic E-state index is 13.5. The number of hydrogen-bond donors (Lipinski definition) is 0. The molecule has 0 amide bonds. The van der Waals surface area contributed by atoms with E-state index in [1.54, 1.807) is 22.7 Å². The summed E-state index contributed by atoms with van der Waals surface area (Å²) in [7, 11) is 2.89. The van der Waals surface area contributed by atoms with Gasteiger partial charge < -0.3 is 9.47 Å². The minimum Gasteiger partial charge on any atom is -0.465 e. The molecular formula is C42H62O4S2. The van der Waals surface area contributed by atoms with Crippen molar-refractivity contribution in [3.63, 3.8) is 0 Å². The molecule has 4 nitrogen and oxygen atoms in total. The molecule has 0 aliphatic heterocycles. The highest BCUT2D eigenvalue weighted by Crippen LogP contribution is 2.42. The highest BCUT2D eigenvalue weighted by molar-refractivity contribution is 7.16. The molecule has 0 fully saturated rings. The third-order valence-corrected chi connectivity index (χ3v) is 11.9. The van der Waals surface area contributed by atoms with Gasteiger partial charge in [-0.1, -0.05) is 105 Å². The van der Waals surface area contributed by atoms with Crippen molar-refractivity contribution < 1.29 is 19.1 Å². The fourth-order valence-electron chi connectivity index (χ4n) is 6.52. The van der Waals surface area contributed by atoms with Gasteiger partial charge in [0.1, 0.15) is 0 Å². The van der Waals surface area contributed by atoms with Crippen LogP contribution >= 0.6 is 22.7 Å². The second-order valence-electron chi connectivity index (χ2n) is 13.3. The lowest BCUT2D eigenvalue weighted by Gasteiger charge is -2.13. The van der Waals surface area contributed by atoms with Crippen LogP contribution in [0.2, 0.25) is 0 Å². The first-order valence-electron chi connectivity index (χ1n) is 19.0. The first kappa shape index (κ1) is 40.0. The van der Waals surface area contributed by atoms with Gasteiger partial charge >= 0.3 is 11.9 Å². The Bertz CT molecular complexity index is 1230. The van der Waals surface area contributed by atoms with Gasteiger partial charge in [0.2, 0.25) is 0 Å². The first-order chi connectivity index (χ1) is 23.4. The smallest absolute Gasteiger partial charge is 0.338 e. The molecule has 0 aliphatic rings. The molecule has 0 saturated carbocycles. The zero-order chi connectivity index (χ0) is 34.7. The first-order valence-corrected chi connectivity index (χ1v) is 20.6. The number of aryl methyl sites for hydroxylation is 4. The zero-order valence-electron chi connectivity index (χ0n) is 30.9. The van der Waals surface area contributed by atoms with E-state index < -0.39 is 0 Å². The normalized spacial score (nSPS) is 11.3. The lowest BCUT2D eigenvalue weighted by molar-refractivity contribution is 0.0588. The lowest BCUT2D eigenvalue weighted by Crippen LogP contribution is -2.09. The molecule has 266 valence electrons. The number of carbonyl (C=O) groups excluding carboxylic acids is 2. The van der Waals surface area contributed by atoms with Crippen molar-refractivity contribution in [3.8, 4) is 20.9 Å². The van der Waals surface area contributed by atoms with Crippen molar-refractivity contribution in [2.45, 2.75) is 156 Å². The van der Waals surface area contributed by atoms with Crippen molar-refractivity contribution in [2.75, 3.05) is 14.2 Å². The third-order valence-electron chi connectivity index (χ3n) is 9.41. The molecule has 48 heavy (non-hydrogen) atoms. The molecule has 0 aliphatic carbocycles. The number of hydrogen-bond acceptors (Lipinski definition) is 6. The summed E-state index contributed by atoms with van der Waals surface area (Å²) < 4.78 is 10.7. The van der Waals surface area contributed by atoms with Crippen LogP contribution in [0.1, 0.15) is 172 Å². The second-order valence-corrected chi connectivity index (χ2v) is 15.6. The highest BCUT2D eigenvalue weighted by Gasteiger charge is 2.25. The summed E-state index contributed by atoms with van der Waals surface area (Å²) in [6.07, 6.45) is 23.7. The van der Waals surface area contributed by atoms with Gasteiger partial charge in [-0.25, -0.2) is 9.59 Å². The number of methoxy groups -OCH3 is 2. The summed E-state index contributed by atoms with van der Waals surface area (Å²) in [5.41, 5.74) is 5.34. The Kier molecular flexibility index (Phi) is 18.6. The molecule has 0 saturated heterocycles. The number of benzene rings is 1. The van der Waals surface area contributed by atoms with E-state index >= 15 is 0 Å². The summed E-state index contributed by atoms with van der Waals surface area (Å²) in [6.45, 7) is 8.99. The van der Waals surface area contributed by atoms with Gasteiger partial charge in [0.05, 0.1) is 25.3 Å². The number of thiophene rings is 2. The summed E-state index contributed by atoms with van der Waals surface area (Å²) in [6, 6.07) is 8.37. The average Bonchev–Trinajstić information content (AvgIpc) is 3.71. The van der Waals surface area contributed by atoms with Crippen LogP contribution in [0, 0.1) is 0 Å². The van der Waals surface area contributed by atoms with Gasteiger partial charge in [0, 0.05) is 30.6 Å². The Morgan fingerprint density at radius 1 is 0.479 bits per heavy atom. The standard InChI is InChI=1S/C42H62O4S2/c1-7-11-15-19-23-31-27-39(47-37(31)25-21-17-13-9-3)33-29-36(42(44)46-6)34(30-35(33)41(43)45-5)40-28-32(24-20-16-12-8-2)38(48-40)26-22-18-14-10-4/h27-30H,7-26H2,1-6H3. The minimum atomic E-state index is -0.374. The van der Waals surface area contributed by atoms with E-state index in [1.807, 2.05) is 12.1 Å². The molecule has 2 aromatic heterocycles. The van der Waals surface area contributed by atoms with E-state index in [1.165, 1.54) is 138 Å². The number of esters is 2. The molecule has 0 atom stereocenters. The van der Waals surface area contributed by atoms with Gasteiger partial charge in [-0.05, 0) is 86.8 Å². The van der Waals surface area contributed by atoms with Gasteiger partial charge in [0.15, 0.2) is 0 Å². The molecule has 1 aromatic carbocycles. The van der Waals surface area contributed by atoms with Crippen LogP contribution in [0.3, 0.4) is 0 Å². The molecular weight excluding hydrogens is 633 g/mol. The van der Waals surface area contributed by atoms with Crippen molar-refractivity contribution in [2.24, 2.45) is 0 Å². The lowest BCUT2D eigenvalue weighted by atomic mass is 9.94. The highest BCUT2D eigenvalue weighted by atomic mass is 32.1. The summed E-state index contributed by atoms with van der Waals surface area (Å²) >= 11 is 3.56.